The van der Waals surface area contributed by atoms with Crippen LogP contribution in [0.1, 0.15) is 13.3 Å². The van der Waals surface area contributed by atoms with Gasteiger partial charge in [0.05, 0.1) is 6.54 Å². The van der Waals surface area contributed by atoms with E-state index >= 15 is 0 Å². The number of fused-ring (bicyclic) bond motifs is 1. The van der Waals surface area contributed by atoms with E-state index in [1.807, 2.05) is 37.3 Å². The largest absolute Gasteiger partial charge is 0.489 e. The SMILES string of the molecule is CC(CNC(=O)C1NNC2CCNCC21)Oc1ccccc1. The van der Waals surface area contributed by atoms with Crippen molar-refractivity contribution in [2.24, 2.45) is 5.92 Å². The molecule has 6 heteroatoms. The van der Waals surface area contributed by atoms with Gasteiger partial charge in [-0.05, 0) is 32.0 Å². The summed E-state index contributed by atoms with van der Waals surface area (Å²) >= 11 is 0. The number of hydrogen-bond acceptors (Lipinski definition) is 5. The number of ether oxygens (including phenoxy) is 1. The summed E-state index contributed by atoms with van der Waals surface area (Å²) in [5, 5.41) is 6.34. The summed E-state index contributed by atoms with van der Waals surface area (Å²) in [5.41, 5.74) is 6.36. The van der Waals surface area contributed by atoms with Gasteiger partial charge >= 0.3 is 0 Å². The van der Waals surface area contributed by atoms with Gasteiger partial charge in [0.1, 0.15) is 17.9 Å². The van der Waals surface area contributed by atoms with E-state index in [2.05, 4.69) is 21.5 Å². The molecule has 22 heavy (non-hydrogen) atoms. The molecule has 0 bridgehead atoms. The topological polar surface area (TPSA) is 74.4 Å². The number of hydrazine groups is 1. The molecule has 2 aliphatic rings. The Kier molecular flexibility index (Phi) is 4.92. The molecule has 3 rings (SSSR count). The summed E-state index contributed by atoms with van der Waals surface area (Å²) in [6.45, 7) is 4.33. The van der Waals surface area contributed by atoms with Crippen molar-refractivity contribution in [2.45, 2.75) is 31.5 Å². The Balaban J connectivity index is 1.46. The summed E-state index contributed by atoms with van der Waals surface area (Å²) < 4.78 is 5.77. The van der Waals surface area contributed by atoms with E-state index in [0.29, 0.717) is 18.5 Å². The van der Waals surface area contributed by atoms with Crippen molar-refractivity contribution in [3.8, 4) is 5.75 Å². The molecule has 2 fully saturated rings. The molecule has 0 saturated carbocycles. The minimum atomic E-state index is -0.179. The number of benzene rings is 1. The first-order valence-electron chi connectivity index (χ1n) is 7.95. The van der Waals surface area contributed by atoms with Crippen LogP contribution in [0.4, 0.5) is 0 Å². The van der Waals surface area contributed by atoms with Gasteiger partial charge in [-0.25, -0.2) is 5.43 Å². The van der Waals surface area contributed by atoms with Crippen molar-refractivity contribution in [1.29, 1.82) is 0 Å². The fourth-order valence-corrected chi connectivity index (χ4v) is 3.10. The first-order valence-corrected chi connectivity index (χ1v) is 7.95. The lowest BCUT2D eigenvalue weighted by Gasteiger charge is -2.27. The molecule has 2 saturated heterocycles. The molecular weight excluding hydrogens is 280 g/mol. The Bertz CT molecular complexity index is 496. The first-order chi connectivity index (χ1) is 10.7. The third-order valence-corrected chi connectivity index (χ3v) is 4.31. The number of hydrogen-bond donors (Lipinski definition) is 4. The van der Waals surface area contributed by atoms with Crippen LogP contribution in [0.15, 0.2) is 30.3 Å². The van der Waals surface area contributed by atoms with Crippen molar-refractivity contribution in [3.05, 3.63) is 30.3 Å². The van der Waals surface area contributed by atoms with Gasteiger partial charge in [-0.3, -0.25) is 10.2 Å². The van der Waals surface area contributed by atoms with Crippen LogP contribution in [0, 0.1) is 5.92 Å². The minimum Gasteiger partial charge on any atom is -0.489 e. The van der Waals surface area contributed by atoms with Crippen molar-refractivity contribution in [2.75, 3.05) is 19.6 Å². The van der Waals surface area contributed by atoms with Gasteiger partial charge in [-0.1, -0.05) is 18.2 Å². The van der Waals surface area contributed by atoms with Crippen LogP contribution in [0.3, 0.4) is 0 Å². The molecule has 120 valence electrons. The number of rotatable bonds is 5. The van der Waals surface area contributed by atoms with Crippen LogP contribution in [-0.2, 0) is 4.79 Å². The summed E-state index contributed by atoms with van der Waals surface area (Å²) in [6.07, 6.45) is 0.982. The zero-order chi connectivity index (χ0) is 15.4. The predicted molar refractivity (Wildman–Crippen MR) is 84.4 cm³/mol. The minimum absolute atomic E-state index is 0.0345. The van der Waals surface area contributed by atoms with E-state index in [-0.39, 0.29) is 18.1 Å². The second-order valence-electron chi connectivity index (χ2n) is 6.02. The number of para-hydroxylation sites is 1. The van der Waals surface area contributed by atoms with Crippen molar-refractivity contribution < 1.29 is 9.53 Å². The van der Waals surface area contributed by atoms with E-state index in [4.69, 9.17) is 4.74 Å². The lowest BCUT2D eigenvalue weighted by molar-refractivity contribution is -0.124. The standard InChI is InChI=1S/C16H24N4O2/c1-11(22-12-5-3-2-4-6-12)9-18-16(21)15-13-10-17-8-7-14(13)19-20-15/h2-6,11,13-15,17,19-20H,7-10H2,1H3,(H,18,21). The van der Waals surface area contributed by atoms with Crippen molar-refractivity contribution in [3.63, 3.8) is 0 Å². The Labute approximate surface area is 131 Å². The maximum atomic E-state index is 12.4. The lowest BCUT2D eigenvalue weighted by atomic mass is 9.89. The second-order valence-corrected chi connectivity index (χ2v) is 6.02. The fraction of sp³-hybridized carbons (Fsp3) is 0.562. The van der Waals surface area contributed by atoms with Crippen LogP contribution in [0.2, 0.25) is 0 Å². The number of amides is 1. The molecule has 1 aromatic rings. The molecule has 2 heterocycles. The quantitative estimate of drug-likeness (QED) is 0.617. The molecule has 0 spiro atoms. The van der Waals surface area contributed by atoms with Crippen LogP contribution < -0.4 is 26.2 Å². The van der Waals surface area contributed by atoms with E-state index in [1.165, 1.54) is 0 Å². The average molecular weight is 304 g/mol. The highest BCUT2D eigenvalue weighted by atomic mass is 16.5. The third-order valence-electron chi connectivity index (χ3n) is 4.31. The molecule has 0 radical (unpaired) electrons. The van der Waals surface area contributed by atoms with E-state index < -0.39 is 0 Å². The van der Waals surface area contributed by atoms with Crippen LogP contribution >= 0.6 is 0 Å². The molecule has 2 aliphatic heterocycles. The van der Waals surface area contributed by atoms with Gasteiger partial charge in [0, 0.05) is 18.5 Å². The molecule has 4 atom stereocenters. The monoisotopic (exact) mass is 304 g/mol. The number of carbonyl (C=O) groups is 1. The molecule has 6 nitrogen and oxygen atoms in total. The Morgan fingerprint density at radius 1 is 1.36 bits per heavy atom. The molecule has 4 N–H and O–H groups in total. The molecule has 1 amide bonds. The zero-order valence-corrected chi connectivity index (χ0v) is 12.8. The summed E-state index contributed by atoms with van der Waals surface area (Å²) in [5.74, 6) is 1.16. The zero-order valence-electron chi connectivity index (χ0n) is 12.8. The van der Waals surface area contributed by atoms with Gasteiger partial charge in [0.25, 0.3) is 0 Å². The lowest BCUT2D eigenvalue weighted by Crippen LogP contribution is -2.50. The van der Waals surface area contributed by atoms with Crippen LogP contribution in [0.5, 0.6) is 5.75 Å². The highest BCUT2D eigenvalue weighted by Gasteiger charge is 2.40. The van der Waals surface area contributed by atoms with Gasteiger partial charge in [0.2, 0.25) is 5.91 Å². The van der Waals surface area contributed by atoms with Gasteiger partial charge in [-0.15, -0.1) is 0 Å². The first kappa shape index (κ1) is 15.3. The Morgan fingerprint density at radius 2 is 2.18 bits per heavy atom. The van der Waals surface area contributed by atoms with Crippen molar-refractivity contribution in [1.82, 2.24) is 21.5 Å². The van der Waals surface area contributed by atoms with E-state index in [1.54, 1.807) is 0 Å². The summed E-state index contributed by atoms with van der Waals surface area (Å²) in [6, 6.07) is 9.86. The maximum absolute atomic E-state index is 12.4. The highest BCUT2D eigenvalue weighted by Crippen LogP contribution is 2.20. The average Bonchev–Trinajstić information content (AvgIpc) is 2.98. The smallest absolute Gasteiger partial charge is 0.239 e. The number of nitrogens with one attached hydrogen (secondary N) is 4. The number of piperidine rings is 1. The molecule has 4 unspecified atom stereocenters. The molecule has 0 aliphatic carbocycles. The normalized spacial score (nSPS) is 28.7. The Morgan fingerprint density at radius 3 is 3.00 bits per heavy atom. The predicted octanol–water partition coefficient (Wildman–Crippen LogP) is 0.0246. The van der Waals surface area contributed by atoms with Crippen molar-refractivity contribution >= 4 is 5.91 Å². The summed E-state index contributed by atoms with van der Waals surface area (Å²) in [4.78, 5) is 12.4. The number of carbonyl (C=O) groups excluding carboxylic acids is 1. The third kappa shape index (κ3) is 3.58. The second kappa shape index (κ2) is 7.09. The molecule has 0 aromatic heterocycles. The maximum Gasteiger partial charge on any atom is 0.239 e. The van der Waals surface area contributed by atoms with Gasteiger partial charge < -0.3 is 15.4 Å². The summed E-state index contributed by atoms with van der Waals surface area (Å²) in [7, 11) is 0. The van der Waals surface area contributed by atoms with E-state index in [9.17, 15) is 4.79 Å². The van der Waals surface area contributed by atoms with Crippen LogP contribution in [0.25, 0.3) is 0 Å². The Hall–Kier alpha value is -1.63. The van der Waals surface area contributed by atoms with Gasteiger partial charge in [0.15, 0.2) is 0 Å². The molecular formula is C16H24N4O2. The van der Waals surface area contributed by atoms with Gasteiger partial charge in [-0.2, -0.15) is 0 Å². The fourth-order valence-electron chi connectivity index (χ4n) is 3.10. The van der Waals surface area contributed by atoms with Crippen LogP contribution in [-0.4, -0.2) is 43.7 Å². The highest BCUT2D eigenvalue weighted by molar-refractivity contribution is 5.82. The van der Waals surface area contributed by atoms with E-state index in [0.717, 1.165) is 25.3 Å². The molecule has 1 aromatic carbocycles.